The summed E-state index contributed by atoms with van der Waals surface area (Å²) in [5, 5.41) is 0.334. The number of carbonyl (C=O) groups excluding carboxylic acids is 1. The van der Waals surface area contributed by atoms with Gasteiger partial charge >= 0.3 is 0 Å². The molecule has 0 bridgehead atoms. The number of nitrogens with two attached hydrogens (primary N) is 1. The van der Waals surface area contributed by atoms with Crippen molar-refractivity contribution in [2.75, 3.05) is 0 Å². The fraction of sp³-hybridized carbons (Fsp3) is 0.167. The van der Waals surface area contributed by atoms with Gasteiger partial charge in [0.2, 0.25) is 5.91 Å². The molecule has 0 saturated carbocycles. The van der Waals surface area contributed by atoms with Crippen LogP contribution in [0.2, 0.25) is 0 Å². The summed E-state index contributed by atoms with van der Waals surface area (Å²) < 4.78 is 2.83. The Morgan fingerprint density at radius 1 is 1.44 bits per heavy atom. The third-order valence-corrected chi connectivity index (χ3v) is 4.30. The summed E-state index contributed by atoms with van der Waals surface area (Å²) in [6, 6.07) is 7.55. The number of amides is 1. The fourth-order valence-corrected chi connectivity index (χ4v) is 2.73. The third kappa shape index (κ3) is 2.94. The number of thioether (sulfide) groups is 1. The Kier molecular flexibility index (Phi) is 4.08. The first-order chi connectivity index (χ1) is 8.58. The molecule has 0 aliphatic heterocycles. The number of hydrogen-bond acceptors (Lipinski definition) is 3. The molecule has 1 unspecified atom stereocenters. The zero-order valence-corrected chi connectivity index (χ0v) is 12.1. The number of carbonyl (C=O) groups is 1. The zero-order valence-electron chi connectivity index (χ0n) is 9.71. The van der Waals surface area contributed by atoms with Crippen molar-refractivity contribution < 1.29 is 4.79 Å². The molecule has 1 aromatic heterocycles. The topological polar surface area (TPSA) is 60.9 Å². The normalized spacial score (nSPS) is 12.3. The van der Waals surface area contributed by atoms with Crippen LogP contribution in [-0.2, 0) is 11.8 Å². The summed E-state index contributed by atoms with van der Waals surface area (Å²) in [5.41, 5.74) is 6.34. The molecule has 0 aliphatic carbocycles. The maximum Gasteiger partial charge on any atom is 0.235 e. The average Bonchev–Trinajstić information content (AvgIpc) is 2.73. The number of aryl methyl sites for hydroxylation is 1. The van der Waals surface area contributed by atoms with Crippen LogP contribution in [-0.4, -0.2) is 15.5 Å². The van der Waals surface area contributed by atoms with Crippen LogP contribution in [0, 0.1) is 0 Å². The van der Waals surface area contributed by atoms with Gasteiger partial charge in [0.1, 0.15) is 5.25 Å². The van der Waals surface area contributed by atoms with Crippen molar-refractivity contribution in [3.8, 4) is 0 Å². The Balaban J connectivity index is 2.27. The van der Waals surface area contributed by atoms with Gasteiger partial charge < -0.3 is 10.3 Å². The van der Waals surface area contributed by atoms with Gasteiger partial charge in [0.15, 0.2) is 5.16 Å². The molecule has 18 heavy (non-hydrogen) atoms. The van der Waals surface area contributed by atoms with Crippen molar-refractivity contribution in [2.45, 2.75) is 10.4 Å². The van der Waals surface area contributed by atoms with E-state index in [1.165, 1.54) is 11.8 Å². The first kappa shape index (κ1) is 13.2. The zero-order chi connectivity index (χ0) is 13.1. The summed E-state index contributed by atoms with van der Waals surface area (Å²) in [6.07, 6.45) is 3.53. The summed E-state index contributed by atoms with van der Waals surface area (Å²) in [4.78, 5) is 15.8. The number of hydrogen-bond donors (Lipinski definition) is 1. The highest BCUT2D eigenvalue weighted by atomic mass is 79.9. The lowest BCUT2D eigenvalue weighted by atomic mass is 10.1. The standard InChI is InChI=1S/C12H12BrN3OS/c1-16-7-6-15-12(16)18-10(11(14)17)8-2-4-9(13)5-3-8/h2-7,10H,1H3,(H2,14,17). The van der Waals surface area contributed by atoms with Crippen LogP contribution in [0.3, 0.4) is 0 Å². The minimum Gasteiger partial charge on any atom is -0.368 e. The van der Waals surface area contributed by atoms with E-state index < -0.39 is 5.25 Å². The average molecular weight is 326 g/mol. The number of imidazole rings is 1. The monoisotopic (exact) mass is 325 g/mol. The van der Waals surface area contributed by atoms with E-state index in [-0.39, 0.29) is 5.91 Å². The number of benzene rings is 1. The third-order valence-electron chi connectivity index (χ3n) is 2.43. The molecular formula is C12H12BrN3OS. The maximum absolute atomic E-state index is 11.6. The van der Waals surface area contributed by atoms with E-state index in [2.05, 4.69) is 20.9 Å². The van der Waals surface area contributed by atoms with Crippen LogP contribution < -0.4 is 5.73 Å². The fourth-order valence-electron chi connectivity index (χ4n) is 1.50. The predicted molar refractivity (Wildman–Crippen MR) is 75.1 cm³/mol. The van der Waals surface area contributed by atoms with Gasteiger partial charge in [-0.05, 0) is 17.7 Å². The second-order valence-corrected chi connectivity index (χ2v) is 5.76. The highest BCUT2D eigenvalue weighted by molar-refractivity contribution is 9.10. The first-order valence-electron chi connectivity index (χ1n) is 5.26. The largest absolute Gasteiger partial charge is 0.368 e. The van der Waals surface area contributed by atoms with E-state index in [0.717, 1.165) is 15.2 Å². The maximum atomic E-state index is 11.6. The van der Waals surface area contributed by atoms with E-state index in [4.69, 9.17) is 5.73 Å². The molecule has 0 spiro atoms. The Bertz CT molecular complexity index is 553. The number of aromatic nitrogens is 2. The second-order valence-electron chi connectivity index (χ2n) is 3.77. The van der Waals surface area contributed by atoms with E-state index in [0.29, 0.717) is 0 Å². The molecule has 6 heteroatoms. The Hall–Kier alpha value is -1.27. The lowest BCUT2D eigenvalue weighted by Gasteiger charge is -2.13. The molecule has 0 aliphatic rings. The molecule has 2 aromatic rings. The van der Waals surface area contributed by atoms with Crippen molar-refractivity contribution in [1.82, 2.24) is 9.55 Å². The summed E-state index contributed by atoms with van der Waals surface area (Å²) in [6.45, 7) is 0. The van der Waals surface area contributed by atoms with E-state index in [1.54, 1.807) is 6.20 Å². The SMILES string of the molecule is Cn1ccnc1SC(C(N)=O)c1ccc(Br)cc1. The first-order valence-corrected chi connectivity index (χ1v) is 6.94. The van der Waals surface area contributed by atoms with Crippen LogP contribution in [0.25, 0.3) is 0 Å². The Labute approximate surface area is 118 Å². The van der Waals surface area contributed by atoms with Crippen molar-refractivity contribution in [3.05, 3.63) is 46.7 Å². The van der Waals surface area contributed by atoms with Crippen LogP contribution in [0.15, 0.2) is 46.3 Å². The Morgan fingerprint density at radius 2 is 2.11 bits per heavy atom. The summed E-state index contributed by atoms with van der Waals surface area (Å²) in [7, 11) is 1.88. The molecule has 1 heterocycles. The molecule has 0 saturated heterocycles. The highest BCUT2D eigenvalue weighted by Crippen LogP contribution is 2.34. The van der Waals surface area contributed by atoms with Crippen LogP contribution in [0.1, 0.15) is 10.8 Å². The van der Waals surface area contributed by atoms with E-state index in [1.807, 2.05) is 42.1 Å². The molecule has 1 atom stereocenters. The molecule has 2 N–H and O–H groups in total. The molecule has 94 valence electrons. The van der Waals surface area contributed by atoms with Gasteiger partial charge in [-0.3, -0.25) is 4.79 Å². The van der Waals surface area contributed by atoms with E-state index >= 15 is 0 Å². The van der Waals surface area contributed by atoms with Crippen LogP contribution in [0.5, 0.6) is 0 Å². The molecule has 1 amide bonds. The molecule has 2 rings (SSSR count). The van der Waals surface area contributed by atoms with Crippen LogP contribution >= 0.6 is 27.7 Å². The Morgan fingerprint density at radius 3 is 2.61 bits per heavy atom. The van der Waals surface area contributed by atoms with Crippen molar-refractivity contribution >= 4 is 33.6 Å². The van der Waals surface area contributed by atoms with Gasteiger partial charge in [-0.25, -0.2) is 4.98 Å². The number of halogens is 1. The molecule has 0 radical (unpaired) electrons. The molecule has 4 nitrogen and oxygen atoms in total. The van der Waals surface area contributed by atoms with Gasteiger partial charge in [-0.2, -0.15) is 0 Å². The quantitative estimate of drug-likeness (QED) is 0.878. The number of rotatable bonds is 4. The van der Waals surface area contributed by atoms with Gasteiger partial charge in [-0.1, -0.05) is 39.8 Å². The number of primary amides is 1. The summed E-state index contributed by atoms with van der Waals surface area (Å²) in [5.74, 6) is -0.370. The van der Waals surface area contributed by atoms with Gasteiger partial charge in [-0.15, -0.1) is 0 Å². The lowest BCUT2D eigenvalue weighted by molar-refractivity contribution is -0.117. The van der Waals surface area contributed by atoms with Crippen molar-refractivity contribution in [1.29, 1.82) is 0 Å². The van der Waals surface area contributed by atoms with E-state index in [9.17, 15) is 4.79 Å². The van der Waals surface area contributed by atoms with Crippen LogP contribution in [0.4, 0.5) is 0 Å². The van der Waals surface area contributed by atoms with Crippen molar-refractivity contribution in [3.63, 3.8) is 0 Å². The van der Waals surface area contributed by atoms with Crippen molar-refractivity contribution in [2.24, 2.45) is 12.8 Å². The molecule has 1 aromatic carbocycles. The minimum atomic E-state index is -0.431. The number of nitrogens with zero attached hydrogens (tertiary/aromatic N) is 2. The minimum absolute atomic E-state index is 0.370. The lowest BCUT2D eigenvalue weighted by Crippen LogP contribution is -2.19. The second kappa shape index (κ2) is 5.58. The smallest absolute Gasteiger partial charge is 0.235 e. The highest BCUT2D eigenvalue weighted by Gasteiger charge is 2.21. The molecular weight excluding hydrogens is 314 g/mol. The molecule has 0 fully saturated rings. The summed E-state index contributed by atoms with van der Waals surface area (Å²) >= 11 is 4.72. The predicted octanol–water partition coefficient (Wildman–Crippen LogP) is 2.50. The van der Waals surface area contributed by atoms with Gasteiger partial charge in [0.05, 0.1) is 0 Å². The van der Waals surface area contributed by atoms with Gasteiger partial charge in [0, 0.05) is 23.9 Å². The van der Waals surface area contributed by atoms with Gasteiger partial charge in [0.25, 0.3) is 0 Å².